The molecule has 1 fully saturated rings. The molecule has 0 radical (unpaired) electrons. The Bertz CT molecular complexity index is 765. The molecule has 2 aromatic carbocycles. The molecule has 1 aliphatic heterocycles. The van der Waals surface area contributed by atoms with Crippen LogP contribution in [0.15, 0.2) is 48.5 Å². The van der Waals surface area contributed by atoms with E-state index in [4.69, 9.17) is 10.5 Å². The number of hydrogen-bond donors (Lipinski definition) is 1. The van der Waals surface area contributed by atoms with Crippen LogP contribution in [0.3, 0.4) is 0 Å². The maximum Gasteiger partial charge on any atom is 0.164 e. The Labute approximate surface area is 168 Å². The van der Waals surface area contributed by atoms with Gasteiger partial charge in [-0.25, -0.2) is 0 Å². The molecule has 0 unspecified atom stereocenters. The molecule has 28 heavy (non-hydrogen) atoms. The number of Topliss-reactive ketones (excluding diaryl/α,β-unsaturated/α-hetero) is 1. The van der Waals surface area contributed by atoms with Crippen LogP contribution in [-0.4, -0.2) is 36.4 Å². The first-order valence-electron chi connectivity index (χ1n) is 10.4. The lowest BCUT2D eigenvalue weighted by molar-refractivity contribution is 0.0951. The quantitative estimate of drug-likeness (QED) is 0.538. The Morgan fingerprint density at radius 1 is 1.14 bits per heavy atom. The summed E-state index contributed by atoms with van der Waals surface area (Å²) < 4.78 is 5.64. The fourth-order valence-corrected chi connectivity index (χ4v) is 3.85. The lowest BCUT2D eigenvalue weighted by Crippen LogP contribution is -2.35. The standard InChI is InChI=1S/C24H32N2O2/c1-18(2)28-24-9-8-21(17-22(24)25)23(27)12-15-26-13-10-20(11-14-26)16-19-6-4-3-5-7-19/h3-9,17-18,20H,10-16,25H2,1-2H3. The van der Waals surface area contributed by atoms with Crippen LogP contribution in [0.25, 0.3) is 0 Å². The van der Waals surface area contributed by atoms with Crippen LogP contribution in [0, 0.1) is 5.92 Å². The molecule has 150 valence electrons. The first kappa shape index (κ1) is 20.4. The number of piperidine rings is 1. The molecular formula is C24H32N2O2. The summed E-state index contributed by atoms with van der Waals surface area (Å²) in [4.78, 5) is 15.0. The Morgan fingerprint density at radius 3 is 2.50 bits per heavy atom. The first-order valence-corrected chi connectivity index (χ1v) is 10.4. The van der Waals surface area contributed by atoms with Gasteiger partial charge in [0.25, 0.3) is 0 Å². The molecule has 0 saturated carbocycles. The summed E-state index contributed by atoms with van der Waals surface area (Å²) in [6.45, 7) is 6.90. The van der Waals surface area contributed by atoms with E-state index in [1.165, 1.54) is 18.4 Å². The SMILES string of the molecule is CC(C)Oc1ccc(C(=O)CCN2CCC(Cc3ccccc3)CC2)cc1N. The maximum absolute atomic E-state index is 12.6. The Hall–Kier alpha value is -2.33. The molecular weight excluding hydrogens is 348 g/mol. The summed E-state index contributed by atoms with van der Waals surface area (Å²) in [5, 5.41) is 0. The van der Waals surface area contributed by atoms with Gasteiger partial charge in [0.1, 0.15) is 5.75 Å². The molecule has 0 bridgehead atoms. The van der Waals surface area contributed by atoms with Crippen LogP contribution in [-0.2, 0) is 6.42 Å². The zero-order valence-electron chi connectivity index (χ0n) is 17.1. The molecule has 4 nitrogen and oxygen atoms in total. The van der Waals surface area contributed by atoms with Gasteiger partial charge in [-0.2, -0.15) is 0 Å². The van der Waals surface area contributed by atoms with E-state index in [0.717, 1.165) is 32.0 Å². The van der Waals surface area contributed by atoms with Crippen molar-refractivity contribution in [3.8, 4) is 5.75 Å². The lowest BCUT2D eigenvalue weighted by Gasteiger charge is -2.31. The number of anilines is 1. The van der Waals surface area contributed by atoms with Gasteiger partial charge in [0.2, 0.25) is 0 Å². The van der Waals surface area contributed by atoms with Gasteiger partial charge in [0, 0.05) is 18.5 Å². The molecule has 1 saturated heterocycles. The van der Waals surface area contributed by atoms with Gasteiger partial charge in [0.05, 0.1) is 11.8 Å². The monoisotopic (exact) mass is 380 g/mol. The van der Waals surface area contributed by atoms with Crippen molar-refractivity contribution in [1.82, 2.24) is 4.90 Å². The largest absolute Gasteiger partial charge is 0.489 e. The third-order valence-electron chi connectivity index (χ3n) is 5.42. The summed E-state index contributed by atoms with van der Waals surface area (Å²) in [6, 6.07) is 16.1. The third kappa shape index (κ3) is 5.83. The number of nitrogen functional groups attached to an aromatic ring is 1. The number of carbonyl (C=O) groups excluding carboxylic acids is 1. The van der Waals surface area contributed by atoms with Crippen LogP contribution >= 0.6 is 0 Å². The Kier molecular flexibility index (Phi) is 7.10. The zero-order valence-corrected chi connectivity index (χ0v) is 17.1. The second kappa shape index (κ2) is 9.74. The van der Waals surface area contributed by atoms with Gasteiger partial charge in [0.15, 0.2) is 5.78 Å². The molecule has 0 aromatic heterocycles. The topological polar surface area (TPSA) is 55.6 Å². The van der Waals surface area contributed by atoms with Gasteiger partial charge in [-0.15, -0.1) is 0 Å². The van der Waals surface area contributed by atoms with Crippen molar-refractivity contribution in [3.63, 3.8) is 0 Å². The Morgan fingerprint density at radius 2 is 1.86 bits per heavy atom. The number of nitrogens with two attached hydrogens (primary N) is 1. The van der Waals surface area contributed by atoms with Crippen LogP contribution in [0.1, 0.15) is 49.0 Å². The number of ether oxygens (including phenoxy) is 1. The number of rotatable bonds is 8. The number of likely N-dealkylation sites (tertiary alicyclic amines) is 1. The average molecular weight is 381 g/mol. The van der Waals surface area contributed by atoms with E-state index in [-0.39, 0.29) is 11.9 Å². The molecule has 1 aliphatic rings. The number of ketones is 1. The second-order valence-corrected chi connectivity index (χ2v) is 8.07. The molecule has 0 aliphatic carbocycles. The summed E-state index contributed by atoms with van der Waals surface area (Å²) in [5.74, 6) is 1.55. The Balaban J connectivity index is 1.43. The van der Waals surface area contributed by atoms with Crippen molar-refractivity contribution in [2.45, 2.75) is 45.6 Å². The molecule has 0 amide bonds. The van der Waals surface area contributed by atoms with Gasteiger partial charge in [-0.3, -0.25) is 4.79 Å². The van der Waals surface area contributed by atoms with Gasteiger partial charge < -0.3 is 15.4 Å². The number of benzene rings is 2. The van der Waals surface area contributed by atoms with Crippen LogP contribution in [0.5, 0.6) is 5.75 Å². The van der Waals surface area contributed by atoms with E-state index in [0.29, 0.717) is 23.4 Å². The molecule has 0 atom stereocenters. The predicted octanol–water partition coefficient (Wildman–Crippen LogP) is 4.58. The highest BCUT2D eigenvalue weighted by Crippen LogP contribution is 2.25. The summed E-state index contributed by atoms with van der Waals surface area (Å²) in [6.07, 6.45) is 4.17. The van der Waals surface area contributed by atoms with Crippen LogP contribution in [0.4, 0.5) is 5.69 Å². The predicted molar refractivity (Wildman–Crippen MR) is 115 cm³/mol. The number of nitrogens with zero attached hydrogens (tertiary/aromatic N) is 1. The van der Waals surface area contributed by atoms with Crippen molar-refractivity contribution >= 4 is 11.5 Å². The molecule has 3 rings (SSSR count). The van der Waals surface area contributed by atoms with Crippen molar-refractivity contribution < 1.29 is 9.53 Å². The van der Waals surface area contributed by atoms with Gasteiger partial charge >= 0.3 is 0 Å². The summed E-state index contributed by atoms with van der Waals surface area (Å²) in [7, 11) is 0. The van der Waals surface area contributed by atoms with Gasteiger partial charge in [-0.1, -0.05) is 30.3 Å². The molecule has 1 heterocycles. The molecule has 2 N–H and O–H groups in total. The van der Waals surface area contributed by atoms with E-state index in [1.807, 2.05) is 19.9 Å². The van der Waals surface area contributed by atoms with E-state index in [2.05, 4.69) is 35.2 Å². The molecule has 4 heteroatoms. The van der Waals surface area contributed by atoms with Crippen LogP contribution in [0.2, 0.25) is 0 Å². The van der Waals surface area contributed by atoms with Gasteiger partial charge in [-0.05, 0) is 75.9 Å². The average Bonchev–Trinajstić information content (AvgIpc) is 2.69. The fourth-order valence-electron chi connectivity index (χ4n) is 3.85. The molecule has 0 spiro atoms. The zero-order chi connectivity index (χ0) is 19.9. The van der Waals surface area contributed by atoms with E-state index >= 15 is 0 Å². The normalized spacial score (nSPS) is 15.7. The maximum atomic E-state index is 12.6. The van der Waals surface area contributed by atoms with Crippen molar-refractivity contribution in [2.75, 3.05) is 25.4 Å². The molecule has 2 aromatic rings. The first-order chi connectivity index (χ1) is 13.5. The minimum absolute atomic E-state index is 0.0636. The third-order valence-corrected chi connectivity index (χ3v) is 5.42. The highest BCUT2D eigenvalue weighted by Gasteiger charge is 2.20. The minimum atomic E-state index is 0.0636. The summed E-state index contributed by atoms with van der Waals surface area (Å²) >= 11 is 0. The second-order valence-electron chi connectivity index (χ2n) is 8.07. The smallest absolute Gasteiger partial charge is 0.164 e. The van der Waals surface area contributed by atoms with Crippen LogP contribution < -0.4 is 10.5 Å². The number of carbonyl (C=O) groups is 1. The highest BCUT2D eigenvalue weighted by molar-refractivity contribution is 5.97. The van der Waals surface area contributed by atoms with E-state index in [9.17, 15) is 4.79 Å². The van der Waals surface area contributed by atoms with Crippen molar-refractivity contribution in [1.29, 1.82) is 0 Å². The van der Waals surface area contributed by atoms with Crippen molar-refractivity contribution in [2.24, 2.45) is 5.92 Å². The van der Waals surface area contributed by atoms with Crippen molar-refractivity contribution in [3.05, 3.63) is 59.7 Å². The van der Waals surface area contributed by atoms with E-state index < -0.39 is 0 Å². The highest BCUT2D eigenvalue weighted by atomic mass is 16.5. The lowest BCUT2D eigenvalue weighted by atomic mass is 9.90. The number of hydrogen-bond acceptors (Lipinski definition) is 4. The van der Waals surface area contributed by atoms with E-state index in [1.54, 1.807) is 12.1 Å². The minimum Gasteiger partial charge on any atom is -0.489 e. The summed E-state index contributed by atoms with van der Waals surface area (Å²) in [5.41, 5.74) is 8.67. The fraction of sp³-hybridized carbons (Fsp3) is 0.458.